The highest BCUT2D eigenvalue weighted by atomic mass is 19.1. The number of aromatic amines is 1. The fourth-order valence-corrected chi connectivity index (χ4v) is 4.07. The number of aromatic nitrogens is 2. The zero-order chi connectivity index (χ0) is 22.8. The zero-order valence-corrected chi connectivity index (χ0v) is 18.1. The Morgan fingerprint density at radius 2 is 1.84 bits per heavy atom. The number of carbonyl (C=O) groups excluding carboxylic acids is 2. The lowest BCUT2D eigenvalue weighted by atomic mass is 10.0. The van der Waals surface area contributed by atoms with Gasteiger partial charge in [-0.2, -0.15) is 0 Å². The van der Waals surface area contributed by atoms with Crippen LogP contribution >= 0.6 is 0 Å². The van der Waals surface area contributed by atoms with Gasteiger partial charge < -0.3 is 19.6 Å². The maximum Gasteiger partial charge on any atom is 0.328 e. The summed E-state index contributed by atoms with van der Waals surface area (Å²) in [6.45, 7) is 3.69. The van der Waals surface area contributed by atoms with Gasteiger partial charge in [-0.15, -0.1) is 0 Å². The number of esters is 1. The first kappa shape index (κ1) is 21.4. The SMILES string of the molecule is COC(=O)C(Cc1c[nH]c2ccccc12)NC(=O)c1cc(C)n(-c2ccc(F)cc2)c1C. The molecule has 0 saturated carbocycles. The number of nitrogens with one attached hydrogen (secondary N) is 2. The smallest absolute Gasteiger partial charge is 0.328 e. The van der Waals surface area contributed by atoms with E-state index in [-0.39, 0.29) is 11.7 Å². The van der Waals surface area contributed by atoms with Crippen molar-refractivity contribution in [1.82, 2.24) is 14.9 Å². The summed E-state index contributed by atoms with van der Waals surface area (Å²) in [6.07, 6.45) is 2.13. The highest BCUT2D eigenvalue weighted by molar-refractivity contribution is 5.98. The number of nitrogens with zero attached hydrogens (tertiary/aromatic N) is 1. The van der Waals surface area contributed by atoms with Crippen LogP contribution in [-0.2, 0) is 16.0 Å². The number of methoxy groups -OCH3 is 1. The fraction of sp³-hybridized carbons (Fsp3) is 0.200. The Morgan fingerprint density at radius 1 is 1.12 bits per heavy atom. The monoisotopic (exact) mass is 433 g/mol. The fourth-order valence-electron chi connectivity index (χ4n) is 4.07. The number of fused-ring (bicyclic) bond motifs is 1. The van der Waals surface area contributed by atoms with E-state index in [4.69, 9.17) is 4.74 Å². The lowest BCUT2D eigenvalue weighted by molar-refractivity contribution is -0.142. The quantitative estimate of drug-likeness (QED) is 0.447. The third-order valence-electron chi connectivity index (χ3n) is 5.65. The molecule has 0 radical (unpaired) electrons. The Kier molecular flexibility index (Phi) is 5.81. The van der Waals surface area contributed by atoms with Crippen molar-refractivity contribution in [2.75, 3.05) is 7.11 Å². The highest BCUT2D eigenvalue weighted by Crippen LogP contribution is 2.22. The van der Waals surface area contributed by atoms with E-state index in [0.717, 1.165) is 27.8 Å². The standard InChI is InChI=1S/C25H24FN3O3/c1-15-12-21(16(2)29(15)19-10-8-18(26)9-11-19)24(30)28-23(25(31)32-3)13-17-14-27-22-7-5-4-6-20(17)22/h4-12,14,23,27H,13H2,1-3H3,(H,28,30). The number of ether oxygens (including phenoxy) is 1. The molecule has 4 aromatic rings. The Balaban J connectivity index is 1.61. The van der Waals surface area contributed by atoms with E-state index in [2.05, 4.69) is 10.3 Å². The Labute approximate surface area is 185 Å². The molecular weight excluding hydrogens is 409 g/mol. The summed E-state index contributed by atoms with van der Waals surface area (Å²) < 4.78 is 20.1. The Hall–Kier alpha value is -3.87. The molecule has 0 bridgehead atoms. The number of para-hydroxylation sites is 1. The molecule has 4 rings (SSSR count). The zero-order valence-electron chi connectivity index (χ0n) is 18.1. The van der Waals surface area contributed by atoms with Gasteiger partial charge in [0.25, 0.3) is 5.91 Å². The van der Waals surface area contributed by atoms with Crippen LogP contribution in [0.4, 0.5) is 4.39 Å². The van der Waals surface area contributed by atoms with E-state index < -0.39 is 12.0 Å². The molecule has 0 aliphatic heterocycles. The molecule has 2 aromatic heterocycles. The van der Waals surface area contributed by atoms with Crippen molar-refractivity contribution in [3.8, 4) is 5.69 Å². The third-order valence-corrected chi connectivity index (χ3v) is 5.65. The van der Waals surface area contributed by atoms with Crippen LogP contribution in [0, 0.1) is 19.7 Å². The van der Waals surface area contributed by atoms with Gasteiger partial charge in [0, 0.05) is 40.6 Å². The third kappa shape index (κ3) is 4.01. The van der Waals surface area contributed by atoms with Gasteiger partial charge in [0.15, 0.2) is 0 Å². The number of aryl methyl sites for hydroxylation is 1. The minimum absolute atomic E-state index is 0.291. The van der Waals surface area contributed by atoms with E-state index in [1.807, 2.05) is 48.9 Å². The molecule has 2 heterocycles. The first-order valence-corrected chi connectivity index (χ1v) is 10.3. The van der Waals surface area contributed by atoms with Gasteiger partial charge in [0.05, 0.1) is 12.7 Å². The topological polar surface area (TPSA) is 76.1 Å². The van der Waals surface area contributed by atoms with E-state index in [9.17, 15) is 14.0 Å². The normalized spacial score (nSPS) is 12.0. The van der Waals surface area contributed by atoms with Crippen LogP contribution in [0.5, 0.6) is 0 Å². The van der Waals surface area contributed by atoms with Crippen LogP contribution in [0.2, 0.25) is 0 Å². The number of carbonyl (C=O) groups is 2. The number of H-pyrrole nitrogens is 1. The molecule has 1 amide bonds. The number of hydrogen-bond donors (Lipinski definition) is 2. The molecule has 0 fully saturated rings. The molecule has 164 valence electrons. The molecule has 0 aliphatic carbocycles. The van der Waals surface area contributed by atoms with Crippen molar-refractivity contribution in [2.24, 2.45) is 0 Å². The predicted octanol–water partition coefficient (Wildman–Crippen LogP) is 4.23. The molecule has 0 spiro atoms. The van der Waals surface area contributed by atoms with Crippen LogP contribution in [0.25, 0.3) is 16.6 Å². The lowest BCUT2D eigenvalue weighted by Crippen LogP contribution is -2.43. The maximum absolute atomic E-state index is 13.3. The average Bonchev–Trinajstić information content (AvgIpc) is 3.33. The van der Waals surface area contributed by atoms with E-state index in [1.165, 1.54) is 19.2 Å². The van der Waals surface area contributed by atoms with E-state index in [1.54, 1.807) is 18.2 Å². The van der Waals surface area contributed by atoms with Crippen LogP contribution in [-0.4, -0.2) is 34.6 Å². The number of benzene rings is 2. The second-order valence-electron chi connectivity index (χ2n) is 7.71. The molecule has 7 heteroatoms. The molecule has 1 atom stereocenters. The first-order chi connectivity index (χ1) is 15.4. The number of rotatable bonds is 6. The molecule has 0 saturated heterocycles. The summed E-state index contributed by atoms with van der Waals surface area (Å²) in [5.74, 6) is -1.22. The van der Waals surface area contributed by atoms with Crippen LogP contribution in [0.15, 0.2) is 60.8 Å². The van der Waals surface area contributed by atoms with Gasteiger partial charge in [-0.05, 0) is 55.8 Å². The maximum atomic E-state index is 13.3. The van der Waals surface area contributed by atoms with Gasteiger partial charge in [-0.3, -0.25) is 4.79 Å². The summed E-state index contributed by atoms with van der Waals surface area (Å²) in [7, 11) is 1.30. The lowest BCUT2D eigenvalue weighted by Gasteiger charge is -2.16. The van der Waals surface area contributed by atoms with Crippen molar-refractivity contribution in [3.05, 3.63) is 89.1 Å². The predicted molar refractivity (Wildman–Crippen MR) is 120 cm³/mol. The van der Waals surface area contributed by atoms with Gasteiger partial charge >= 0.3 is 5.97 Å². The molecule has 0 aliphatic rings. The van der Waals surface area contributed by atoms with Crippen molar-refractivity contribution in [2.45, 2.75) is 26.3 Å². The number of amides is 1. The molecule has 1 unspecified atom stereocenters. The summed E-state index contributed by atoms with van der Waals surface area (Å²) in [5.41, 5.74) is 4.59. The number of hydrogen-bond acceptors (Lipinski definition) is 3. The van der Waals surface area contributed by atoms with Gasteiger partial charge in [0.1, 0.15) is 11.9 Å². The molecular formula is C25H24FN3O3. The summed E-state index contributed by atoms with van der Waals surface area (Å²) in [4.78, 5) is 28.8. The summed E-state index contributed by atoms with van der Waals surface area (Å²) >= 11 is 0. The first-order valence-electron chi connectivity index (χ1n) is 10.3. The van der Waals surface area contributed by atoms with Crippen LogP contribution in [0.3, 0.4) is 0 Å². The van der Waals surface area contributed by atoms with Crippen molar-refractivity contribution in [3.63, 3.8) is 0 Å². The number of halogens is 1. The minimum atomic E-state index is -0.847. The molecule has 6 nitrogen and oxygen atoms in total. The van der Waals surface area contributed by atoms with E-state index in [0.29, 0.717) is 17.7 Å². The Morgan fingerprint density at radius 3 is 2.56 bits per heavy atom. The highest BCUT2D eigenvalue weighted by Gasteiger charge is 2.26. The van der Waals surface area contributed by atoms with Gasteiger partial charge in [-0.1, -0.05) is 18.2 Å². The Bertz CT molecular complexity index is 1290. The molecule has 2 aromatic carbocycles. The average molecular weight is 433 g/mol. The van der Waals surface area contributed by atoms with Gasteiger partial charge in [0.2, 0.25) is 0 Å². The molecule has 2 N–H and O–H groups in total. The van der Waals surface area contributed by atoms with Gasteiger partial charge in [-0.25, -0.2) is 9.18 Å². The minimum Gasteiger partial charge on any atom is -0.467 e. The summed E-state index contributed by atoms with van der Waals surface area (Å²) in [5, 5.41) is 3.82. The van der Waals surface area contributed by atoms with Crippen molar-refractivity contribution >= 4 is 22.8 Å². The van der Waals surface area contributed by atoms with Crippen LogP contribution in [0.1, 0.15) is 27.3 Å². The molecule has 32 heavy (non-hydrogen) atoms. The second kappa shape index (κ2) is 8.70. The van der Waals surface area contributed by atoms with E-state index >= 15 is 0 Å². The van der Waals surface area contributed by atoms with Crippen LogP contribution < -0.4 is 5.32 Å². The second-order valence-corrected chi connectivity index (χ2v) is 7.71. The van der Waals surface area contributed by atoms with Crippen molar-refractivity contribution < 1.29 is 18.7 Å². The largest absolute Gasteiger partial charge is 0.467 e. The summed E-state index contributed by atoms with van der Waals surface area (Å²) in [6, 6.07) is 14.8. The van der Waals surface area contributed by atoms with Crippen molar-refractivity contribution in [1.29, 1.82) is 0 Å².